The highest BCUT2D eigenvalue weighted by Gasteiger charge is 2.21. The lowest BCUT2D eigenvalue weighted by Gasteiger charge is -2.36. The summed E-state index contributed by atoms with van der Waals surface area (Å²) in [5.74, 6) is 1.81. The summed E-state index contributed by atoms with van der Waals surface area (Å²) in [6, 6.07) is 1.85. The van der Waals surface area contributed by atoms with Gasteiger partial charge in [-0.2, -0.15) is 11.8 Å². The van der Waals surface area contributed by atoms with E-state index >= 15 is 0 Å². The SMILES string of the molecule is CN=C(NCC(C)SC)N1CCN(c2ncccn2)CC1. The molecule has 7 heteroatoms. The lowest BCUT2D eigenvalue weighted by Crippen LogP contribution is -2.53. The van der Waals surface area contributed by atoms with Crippen molar-refractivity contribution in [2.24, 2.45) is 4.99 Å². The van der Waals surface area contributed by atoms with Crippen LogP contribution in [0.15, 0.2) is 23.5 Å². The Kier molecular flexibility index (Phi) is 6.10. The summed E-state index contributed by atoms with van der Waals surface area (Å²) < 4.78 is 0. The molecule has 2 heterocycles. The van der Waals surface area contributed by atoms with Crippen molar-refractivity contribution in [2.45, 2.75) is 12.2 Å². The average Bonchev–Trinajstić information content (AvgIpc) is 2.56. The summed E-state index contributed by atoms with van der Waals surface area (Å²) in [5.41, 5.74) is 0. The van der Waals surface area contributed by atoms with Gasteiger partial charge >= 0.3 is 0 Å². The van der Waals surface area contributed by atoms with Crippen LogP contribution in [0.5, 0.6) is 0 Å². The summed E-state index contributed by atoms with van der Waals surface area (Å²) in [5, 5.41) is 4.03. The first-order chi connectivity index (χ1) is 10.2. The van der Waals surface area contributed by atoms with Crippen LogP contribution in [0.2, 0.25) is 0 Å². The Morgan fingerprint density at radius 2 is 2.00 bits per heavy atom. The van der Waals surface area contributed by atoms with E-state index in [2.05, 4.69) is 43.3 Å². The monoisotopic (exact) mass is 308 g/mol. The number of hydrogen-bond acceptors (Lipinski definition) is 5. The second kappa shape index (κ2) is 8.07. The minimum atomic E-state index is 0.584. The van der Waals surface area contributed by atoms with Crippen molar-refractivity contribution in [1.82, 2.24) is 20.2 Å². The molecule has 0 radical (unpaired) electrons. The standard InChI is InChI=1S/C14H24N6S/c1-12(21-3)11-18-13(15-2)19-7-9-20(10-8-19)14-16-5-4-6-17-14/h4-6,12H,7-11H2,1-3H3,(H,15,18). The molecule has 1 atom stereocenters. The van der Waals surface area contributed by atoms with Crippen LogP contribution >= 0.6 is 11.8 Å². The third-order valence-electron chi connectivity index (χ3n) is 3.58. The molecule has 0 bridgehead atoms. The van der Waals surface area contributed by atoms with Crippen LogP contribution in [0, 0.1) is 0 Å². The molecule has 0 saturated carbocycles. The molecule has 1 unspecified atom stereocenters. The van der Waals surface area contributed by atoms with Crippen molar-refractivity contribution < 1.29 is 0 Å². The van der Waals surface area contributed by atoms with Crippen molar-refractivity contribution >= 4 is 23.7 Å². The summed E-state index contributed by atoms with van der Waals surface area (Å²) >= 11 is 1.86. The van der Waals surface area contributed by atoms with Crippen LogP contribution < -0.4 is 10.2 Å². The number of aromatic nitrogens is 2. The molecular formula is C14H24N6S. The van der Waals surface area contributed by atoms with Crippen LogP contribution in [-0.2, 0) is 0 Å². The summed E-state index contributed by atoms with van der Waals surface area (Å²) in [7, 11) is 1.85. The maximum absolute atomic E-state index is 4.39. The van der Waals surface area contributed by atoms with Crippen LogP contribution in [0.4, 0.5) is 5.95 Å². The molecule has 0 aliphatic carbocycles. The maximum atomic E-state index is 4.39. The van der Waals surface area contributed by atoms with E-state index in [1.54, 1.807) is 12.4 Å². The first kappa shape index (κ1) is 15.9. The van der Waals surface area contributed by atoms with Gasteiger partial charge in [-0.25, -0.2) is 9.97 Å². The number of rotatable bonds is 4. The van der Waals surface area contributed by atoms with E-state index in [9.17, 15) is 0 Å². The van der Waals surface area contributed by atoms with E-state index < -0.39 is 0 Å². The lowest BCUT2D eigenvalue weighted by atomic mass is 10.3. The largest absolute Gasteiger partial charge is 0.355 e. The van der Waals surface area contributed by atoms with Gasteiger partial charge in [-0.15, -0.1) is 0 Å². The van der Waals surface area contributed by atoms with Crippen LogP contribution in [0.1, 0.15) is 6.92 Å². The van der Waals surface area contributed by atoms with Gasteiger partial charge in [0.05, 0.1) is 0 Å². The van der Waals surface area contributed by atoms with Gasteiger partial charge in [0.15, 0.2) is 5.96 Å². The zero-order valence-electron chi connectivity index (χ0n) is 13.0. The molecule has 2 rings (SSSR count). The number of guanidine groups is 1. The highest BCUT2D eigenvalue weighted by Crippen LogP contribution is 2.10. The lowest BCUT2D eigenvalue weighted by molar-refractivity contribution is 0.370. The number of hydrogen-bond donors (Lipinski definition) is 1. The molecular weight excluding hydrogens is 284 g/mol. The predicted octanol–water partition coefficient (Wildman–Crippen LogP) is 0.925. The smallest absolute Gasteiger partial charge is 0.225 e. The highest BCUT2D eigenvalue weighted by atomic mass is 32.2. The second-order valence-corrected chi connectivity index (χ2v) is 6.27. The van der Waals surface area contributed by atoms with Gasteiger partial charge in [-0.1, -0.05) is 6.92 Å². The Morgan fingerprint density at radius 3 is 2.57 bits per heavy atom. The van der Waals surface area contributed by atoms with E-state index in [-0.39, 0.29) is 0 Å². The number of nitrogens with zero attached hydrogens (tertiary/aromatic N) is 5. The van der Waals surface area contributed by atoms with Crippen molar-refractivity contribution in [1.29, 1.82) is 0 Å². The maximum Gasteiger partial charge on any atom is 0.225 e. The van der Waals surface area contributed by atoms with E-state index in [1.165, 1.54) is 0 Å². The molecule has 1 aliphatic rings. The molecule has 1 fully saturated rings. The van der Waals surface area contributed by atoms with Crippen LogP contribution in [-0.4, -0.2) is 72.1 Å². The van der Waals surface area contributed by atoms with Crippen molar-refractivity contribution in [2.75, 3.05) is 50.9 Å². The molecule has 6 nitrogen and oxygen atoms in total. The number of thioether (sulfide) groups is 1. The van der Waals surface area contributed by atoms with E-state index in [0.717, 1.165) is 44.6 Å². The Labute approximate surface area is 131 Å². The quantitative estimate of drug-likeness (QED) is 0.659. The summed E-state index contributed by atoms with van der Waals surface area (Å²) in [6.07, 6.45) is 5.71. The molecule has 0 aromatic carbocycles. The van der Waals surface area contributed by atoms with Gasteiger partial charge < -0.3 is 15.1 Å². The zero-order chi connectivity index (χ0) is 15.1. The van der Waals surface area contributed by atoms with Crippen molar-refractivity contribution in [3.8, 4) is 0 Å². The molecule has 1 aromatic rings. The molecule has 1 saturated heterocycles. The molecule has 1 aromatic heterocycles. The Morgan fingerprint density at radius 1 is 1.33 bits per heavy atom. The van der Waals surface area contributed by atoms with Gasteiger partial charge in [0.25, 0.3) is 0 Å². The van der Waals surface area contributed by atoms with Crippen LogP contribution in [0.25, 0.3) is 0 Å². The van der Waals surface area contributed by atoms with Gasteiger partial charge in [0, 0.05) is 57.4 Å². The Hall–Kier alpha value is -1.50. The molecule has 116 valence electrons. The van der Waals surface area contributed by atoms with E-state index in [1.807, 2.05) is 24.9 Å². The van der Waals surface area contributed by atoms with Gasteiger partial charge in [-0.3, -0.25) is 4.99 Å². The Balaban J connectivity index is 1.85. The first-order valence-corrected chi connectivity index (χ1v) is 8.53. The summed E-state index contributed by atoms with van der Waals surface area (Å²) in [6.45, 7) is 6.87. The summed E-state index contributed by atoms with van der Waals surface area (Å²) in [4.78, 5) is 17.5. The van der Waals surface area contributed by atoms with Crippen molar-refractivity contribution in [3.05, 3.63) is 18.5 Å². The molecule has 0 amide bonds. The minimum Gasteiger partial charge on any atom is -0.355 e. The fraction of sp³-hybridized carbons (Fsp3) is 0.643. The fourth-order valence-electron chi connectivity index (χ4n) is 2.22. The van der Waals surface area contributed by atoms with E-state index in [4.69, 9.17) is 0 Å². The third kappa shape index (κ3) is 4.49. The minimum absolute atomic E-state index is 0.584. The topological polar surface area (TPSA) is 56.7 Å². The second-order valence-electron chi connectivity index (χ2n) is 5.00. The molecule has 1 aliphatic heterocycles. The average molecular weight is 308 g/mol. The zero-order valence-corrected chi connectivity index (χ0v) is 13.8. The number of aliphatic imine (C=N–C) groups is 1. The van der Waals surface area contributed by atoms with Gasteiger partial charge in [0.1, 0.15) is 0 Å². The normalized spacial score (nSPS) is 17.8. The third-order valence-corrected chi connectivity index (χ3v) is 4.55. The molecule has 1 N–H and O–H groups in total. The number of piperazine rings is 1. The molecule has 21 heavy (non-hydrogen) atoms. The highest BCUT2D eigenvalue weighted by molar-refractivity contribution is 7.99. The van der Waals surface area contributed by atoms with E-state index in [0.29, 0.717) is 5.25 Å². The predicted molar refractivity (Wildman–Crippen MR) is 90.2 cm³/mol. The fourth-order valence-corrected chi connectivity index (χ4v) is 2.47. The van der Waals surface area contributed by atoms with Crippen LogP contribution in [0.3, 0.4) is 0 Å². The van der Waals surface area contributed by atoms with Gasteiger partial charge in [0.2, 0.25) is 5.95 Å². The molecule has 0 spiro atoms. The first-order valence-electron chi connectivity index (χ1n) is 7.25. The Bertz CT molecular complexity index is 444. The van der Waals surface area contributed by atoms with Gasteiger partial charge in [-0.05, 0) is 12.3 Å². The van der Waals surface area contributed by atoms with Crippen molar-refractivity contribution in [3.63, 3.8) is 0 Å². The number of anilines is 1. The number of nitrogens with one attached hydrogen (secondary N) is 1.